The molecule has 2 N–H and O–H groups in total. The first-order valence-electron chi connectivity index (χ1n) is 8.32. The number of nitrogens with one attached hydrogen (secondary N) is 2. The van der Waals surface area contributed by atoms with Crippen LogP contribution < -0.4 is 10.6 Å². The van der Waals surface area contributed by atoms with Gasteiger partial charge in [-0.25, -0.2) is 0 Å². The van der Waals surface area contributed by atoms with Crippen LogP contribution >= 0.6 is 35.0 Å². The molecule has 2 amide bonds. The number of thioether (sulfide) groups is 1. The third-order valence-electron chi connectivity index (χ3n) is 3.83. The standard InChI is InChI=1S/C19H16Cl2N4O2S/c1-11(12-2-4-13(20)5-3-12)24-25-19-23-18(27)16(28-19)10-17(26)22-15-8-6-14(21)7-9-15/h2-9,16H,10H2,1H3,(H,22,26)(H,23,25,27)/b24-11-/t16-/m0/s1. The molecule has 1 atom stereocenters. The van der Waals surface area contributed by atoms with Gasteiger partial charge in [-0.3, -0.25) is 9.59 Å². The average Bonchev–Trinajstić information content (AvgIpc) is 3.01. The van der Waals surface area contributed by atoms with Gasteiger partial charge in [0.1, 0.15) is 5.25 Å². The second-order valence-electron chi connectivity index (χ2n) is 5.95. The minimum absolute atomic E-state index is 0.0258. The monoisotopic (exact) mass is 434 g/mol. The van der Waals surface area contributed by atoms with Crippen LogP contribution in [-0.4, -0.2) is 27.9 Å². The zero-order chi connectivity index (χ0) is 20.1. The number of rotatable bonds is 5. The lowest BCUT2D eigenvalue weighted by atomic mass is 10.1. The molecule has 28 heavy (non-hydrogen) atoms. The van der Waals surface area contributed by atoms with Crippen molar-refractivity contribution in [2.24, 2.45) is 10.2 Å². The van der Waals surface area contributed by atoms with Crippen molar-refractivity contribution in [1.82, 2.24) is 5.32 Å². The quantitative estimate of drug-likeness (QED) is 0.542. The number of hydrogen-bond acceptors (Lipinski definition) is 5. The van der Waals surface area contributed by atoms with Crippen LogP contribution in [0.15, 0.2) is 58.7 Å². The molecule has 0 aromatic heterocycles. The van der Waals surface area contributed by atoms with Crippen molar-refractivity contribution in [2.45, 2.75) is 18.6 Å². The number of amides is 2. The fourth-order valence-electron chi connectivity index (χ4n) is 2.37. The number of carbonyl (C=O) groups is 2. The van der Waals surface area contributed by atoms with E-state index in [0.29, 0.717) is 26.6 Å². The van der Waals surface area contributed by atoms with E-state index in [1.54, 1.807) is 36.4 Å². The van der Waals surface area contributed by atoms with Gasteiger partial charge >= 0.3 is 0 Å². The molecule has 9 heteroatoms. The number of halogens is 2. The first kappa shape index (κ1) is 20.4. The van der Waals surface area contributed by atoms with Gasteiger partial charge in [-0.1, -0.05) is 47.1 Å². The van der Waals surface area contributed by atoms with Crippen molar-refractivity contribution in [2.75, 3.05) is 5.32 Å². The maximum Gasteiger partial charge on any atom is 0.240 e. The summed E-state index contributed by atoms with van der Waals surface area (Å²) in [5.41, 5.74) is 2.18. The Morgan fingerprint density at radius 1 is 1.11 bits per heavy atom. The van der Waals surface area contributed by atoms with E-state index in [0.717, 1.165) is 5.56 Å². The summed E-state index contributed by atoms with van der Waals surface area (Å²) < 4.78 is 0. The summed E-state index contributed by atoms with van der Waals surface area (Å²) in [5.74, 6) is -0.536. The van der Waals surface area contributed by atoms with Crippen molar-refractivity contribution >= 4 is 63.3 Å². The summed E-state index contributed by atoms with van der Waals surface area (Å²) in [7, 11) is 0. The number of carbonyl (C=O) groups excluding carboxylic acids is 2. The maximum atomic E-state index is 12.2. The number of hydrogen-bond donors (Lipinski definition) is 2. The van der Waals surface area contributed by atoms with Crippen LogP contribution in [0.2, 0.25) is 10.0 Å². The second kappa shape index (κ2) is 9.23. The molecule has 3 rings (SSSR count). The molecule has 2 aromatic carbocycles. The Morgan fingerprint density at radius 3 is 2.36 bits per heavy atom. The van der Waals surface area contributed by atoms with Gasteiger partial charge < -0.3 is 10.6 Å². The lowest BCUT2D eigenvalue weighted by Gasteiger charge is -2.07. The first-order valence-corrected chi connectivity index (χ1v) is 9.95. The third kappa shape index (κ3) is 5.58. The number of anilines is 1. The molecular formula is C19H16Cl2N4O2S. The molecule has 0 saturated carbocycles. The van der Waals surface area contributed by atoms with Gasteiger partial charge in [-0.05, 0) is 48.9 Å². The fraction of sp³-hybridized carbons (Fsp3) is 0.158. The summed E-state index contributed by atoms with van der Waals surface area (Å²) >= 11 is 12.9. The van der Waals surface area contributed by atoms with Crippen LogP contribution in [0.5, 0.6) is 0 Å². The molecule has 0 spiro atoms. The van der Waals surface area contributed by atoms with Crippen LogP contribution in [0.25, 0.3) is 0 Å². The summed E-state index contributed by atoms with van der Waals surface area (Å²) in [6.45, 7) is 1.81. The Labute approximate surface area is 176 Å². The van der Waals surface area contributed by atoms with Gasteiger partial charge in [-0.2, -0.15) is 5.10 Å². The fourth-order valence-corrected chi connectivity index (χ4v) is 3.54. The second-order valence-corrected chi connectivity index (χ2v) is 8.02. The van der Waals surface area contributed by atoms with Gasteiger partial charge in [0.15, 0.2) is 5.17 Å². The number of nitrogens with zero attached hydrogens (tertiary/aromatic N) is 2. The summed E-state index contributed by atoms with van der Waals surface area (Å²) in [5, 5.41) is 14.6. The van der Waals surface area contributed by atoms with E-state index < -0.39 is 5.25 Å². The Balaban J connectivity index is 1.58. The van der Waals surface area contributed by atoms with Gasteiger partial charge in [0.05, 0.1) is 5.71 Å². The molecule has 1 fully saturated rings. The highest BCUT2D eigenvalue weighted by Gasteiger charge is 2.32. The zero-order valence-corrected chi connectivity index (χ0v) is 17.1. The van der Waals surface area contributed by atoms with Crippen LogP contribution in [0.4, 0.5) is 5.69 Å². The van der Waals surface area contributed by atoms with Crippen LogP contribution in [0.1, 0.15) is 18.9 Å². The van der Waals surface area contributed by atoms with Crippen LogP contribution in [0.3, 0.4) is 0 Å². The summed E-state index contributed by atoms with van der Waals surface area (Å²) in [4.78, 5) is 24.3. The molecule has 0 unspecified atom stereocenters. The maximum absolute atomic E-state index is 12.2. The van der Waals surface area contributed by atoms with E-state index in [-0.39, 0.29) is 18.2 Å². The molecule has 144 valence electrons. The average molecular weight is 435 g/mol. The highest BCUT2D eigenvalue weighted by molar-refractivity contribution is 8.15. The number of benzene rings is 2. The molecule has 1 aliphatic heterocycles. The lowest BCUT2D eigenvalue weighted by molar-refractivity contribution is -0.122. The molecular weight excluding hydrogens is 419 g/mol. The van der Waals surface area contributed by atoms with E-state index in [9.17, 15) is 9.59 Å². The number of amidine groups is 1. The van der Waals surface area contributed by atoms with Gasteiger partial charge in [0.2, 0.25) is 11.8 Å². The van der Waals surface area contributed by atoms with Crippen molar-refractivity contribution in [3.63, 3.8) is 0 Å². The van der Waals surface area contributed by atoms with E-state index in [2.05, 4.69) is 20.8 Å². The van der Waals surface area contributed by atoms with E-state index in [1.807, 2.05) is 19.1 Å². The SMILES string of the molecule is C/C(=N/N=C1/NC(=O)[C@H](CC(=O)Nc2ccc(Cl)cc2)S1)c1ccc(Cl)cc1. The Kier molecular flexibility index (Phi) is 6.72. The van der Waals surface area contributed by atoms with Gasteiger partial charge in [-0.15, -0.1) is 5.10 Å². The highest BCUT2D eigenvalue weighted by atomic mass is 35.5. The highest BCUT2D eigenvalue weighted by Crippen LogP contribution is 2.23. The smallest absolute Gasteiger partial charge is 0.240 e. The lowest BCUT2D eigenvalue weighted by Crippen LogP contribution is -2.28. The molecule has 0 radical (unpaired) electrons. The Morgan fingerprint density at radius 2 is 1.71 bits per heavy atom. The molecule has 0 bridgehead atoms. The Hall–Kier alpha value is -2.35. The normalized spacial score (nSPS) is 18.2. The van der Waals surface area contributed by atoms with Crippen molar-refractivity contribution in [1.29, 1.82) is 0 Å². The summed E-state index contributed by atoms with van der Waals surface area (Å²) in [6.07, 6.45) is 0.0258. The van der Waals surface area contributed by atoms with E-state index >= 15 is 0 Å². The molecule has 1 saturated heterocycles. The van der Waals surface area contributed by atoms with Gasteiger partial charge in [0, 0.05) is 22.2 Å². The molecule has 0 aliphatic carbocycles. The first-order chi connectivity index (χ1) is 13.4. The van der Waals surface area contributed by atoms with Crippen molar-refractivity contribution in [3.8, 4) is 0 Å². The summed E-state index contributed by atoms with van der Waals surface area (Å²) in [6, 6.07) is 14.0. The predicted molar refractivity (Wildman–Crippen MR) is 115 cm³/mol. The van der Waals surface area contributed by atoms with E-state index in [1.165, 1.54) is 11.8 Å². The van der Waals surface area contributed by atoms with E-state index in [4.69, 9.17) is 23.2 Å². The largest absolute Gasteiger partial charge is 0.326 e. The molecule has 6 nitrogen and oxygen atoms in total. The molecule has 1 aliphatic rings. The third-order valence-corrected chi connectivity index (χ3v) is 5.40. The topological polar surface area (TPSA) is 82.9 Å². The predicted octanol–water partition coefficient (Wildman–Crippen LogP) is 4.33. The molecule has 1 heterocycles. The van der Waals surface area contributed by atoms with Crippen molar-refractivity contribution in [3.05, 3.63) is 64.1 Å². The van der Waals surface area contributed by atoms with Crippen LogP contribution in [0, 0.1) is 0 Å². The van der Waals surface area contributed by atoms with Gasteiger partial charge in [0.25, 0.3) is 0 Å². The Bertz CT molecular complexity index is 943. The van der Waals surface area contributed by atoms with Crippen LogP contribution in [-0.2, 0) is 9.59 Å². The minimum Gasteiger partial charge on any atom is -0.326 e. The molecule has 2 aromatic rings. The van der Waals surface area contributed by atoms with Crippen molar-refractivity contribution < 1.29 is 9.59 Å². The zero-order valence-electron chi connectivity index (χ0n) is 14.8. The minimum atomic E-state index is -0.558.